The van der Waals surface area contributed by atoms with Crippen molar-refractivity contribution < 1.29 is 14.3 Å². The number of ketones is 1. The number of nitrogens with zero attached hydrogens (tertiary/aromatic N) is 1. The molecule has 82 valence electrons. The van der Waals surface area contributed by atoms with Gasteiger partial charge in [0.15, 0.2) is 5.78 Å². The van der Waals surface area contributed by atoms with E-state index in [2.05, 4.69) is 4.74 Å². The Bertz CT molecular complexity index is 354. The molecule has 0 saturated heterocycles. The van der Waals surface area contributed by atoms with Crippen LogP contribution in [0.4, 0.5) is 0 Å². The molecular weight excluding hydrogens is 194 g/mol. The van der Waals surface area contributed by atoms with E-state index in [-0.39, 0.29) is 11.8 Å². The summed E-state index contributed by atoms with van der Waals surface area (Å²) >= 11 is 0. The number of rotatable bonds is 5. The molecule has 0 aliphatic heterocycles. The van der Waals surface area contributed by atoms with E-state index < -0.39 is 0 Å². The van der Waals surface area contributed by atoms with Gasteiger partial charge in [-0.25, -0.2) is 0 Å². The molecule has 0 aliphatic rings. The average Bonchev–Trinajstić information content (AvgIpc) is 2.65. The second kappa shape index (κ2) is 5.34. The fraction of sp³-hybridized carbons (Fsp3) is 0.455. The molecule has 1 heterocycles. The lowest BCUT2D eigenvalue weighted by atomic mass is 10.3. The zero-order valence-corrected chi connectivity index (χ0v) is 9.03. The molecule has 0 saturated carbocycles. The molecule has 4 nitrogen and oxygen atoms in total. The third kappa shape index (κ3) is 3.23. The predicted molar refractivity (Wildman–Crippen MR) is 55.7 cm³/mol. The molecule has 1 rings (SSSR count). The van der Waals surface area contributed by atoms with Crippen LogP contribution in [-0.4, -0.2) is 23.4 Å². The van der Waals surface area contributed by atoms with Crippen LogP contribution in [0.2, 0.25) is 0 Å². The predicted octanol–water partition coefficient (Wildman–Crippen LogP) is 1.64. The van der Waals surface area contributed by atoms with E-state index in [0.29, 0.717) is 25.1 Å². The van der Waals surface area contributed by atoms with Crippen LogP contribution in [0.25, 0.3) is 0 Å². The van der Waals surface area contributed by atoms with Gasteiger partial charge in [-0.2, -0.15) is 0 Å². The Hall–Kier alpha value is -1.58. The zero-order valence-electron chi connectivity index (χ0n) is 9.03. The standard InChI is InChI=1S/C11H15NO3/c1-9(13)10-5-3-7-12(10)8-4-6-11(14)15-2/h3,5,7H,4,6,8H2,1-2H3. The zero-order chi connectivity index (χ0) is 11.3. The van der Waals surface area contributed by atoms with Gasteiger partial charge in [0.2, 0.25) is 0 Å². The Morgan fingerprint density at radius 1 is 1.47 bits per heavy atom. The molecule has 15 heavy (non-hydrogen) atoms. The molecule has 0 bridgehead atoms. The number of aryl methyl sites for hydroxylation is 1. The number of carbonyl (C=O) groups is 2. The summed E-state index contributed by atoms with van der Waals surface area (Å²) in [6.45, 7) is 2.20. The van der Waals surface area contributed by atoms with Gasteiger partial charge in [0.25, 0.3) is 0 Å². The second-order valence-electron chi connectivity index (χ2n) is 3.32. The van der Waals surface area contributed by atoms with Crippen LogP contribution < -0.4 is 0 Å². The van der Waals surface area contributed by atoms with Gasteiger partial charge in [-0.1, -0.05) is 0 Å². The van der Waals surface area contributed by atoms with Gasteiger partial charge >= 0.3 is 5.97 Å². The van der Waals surface area contributed by atoms with Gasteiger partial charge in [-0.3, -0.25) is 9.59 Å². The van der Waals surface area contributed by atoms with Crippen molar-refractivity contribution in [3.63, 3.8) is 0 Å². The summed E-state index contributed by atoms with van der Waals surface area (Å²) in [4.78, 5) is 22.0. The number of Topliss-reactive ketones (excluding diaryl/α,β-unsaturated/α-hetero) is 1. The SMILES string of the molecule is COC(=O)CCCn1cccc1C(C)=O. The van der Waals surface area contributed by atoms with Gasteiger partial charge in [-0.05, 0) is 18.6 Å². The van der Waals surface area contributed by atoms with E-state index in [1.807, 2.05) is 16.8 Å². The third-order valence-electron chi connectivity index (χ3n) is 2.20. The maximum Gasteiger partial charge on any atom is 0.305 e. The van der Waals surface area contributed by atoms with E-state index in [9.17, 15) is 9.59 Å². The largest absolute Gasteiger partial charge is 0.469 e. The number of carbonyl (C=O) groups excluding carboxylic acids is 2. The normalized spacial score (nSPS) is 10.0. The van der Waals surface area contributed by atoms with Crippen LogP contribution >= 0.6 is 0 Å². The van der Waals surface area contributed by atoms with Crippen LogP contribution in [-0.2, 0) is 16.1 Å². The summed E-state index contributed by atoms with van der Waals surface area (Å²) in [5, 5.41) is 0. The fourth-order valence-electron chi connectivity index (χ4n) is 1.42. The highest BCUT2D eigenvalue weighted by Gasteiger charge is 2.06. The van der Waals surface area contributed by atoms with Crippen molar-refractivity contribution in [2.75, 3.05) is 7.11 Å². The lowest BCUT2D eigenvalue weighted by Crippen LogP contribution is -2.08. The van der Waals surface area contributed by atoms with E-state index in [0.717, 1.165) is 0 Å². The smallest absolute Gasteiger partial charge is 0.305 e. The molecule has 0 spiro atoms. The van der Waals surface area contributed by atoms with Crippen molar-refractivity contribution in [1.82, 2.24) is 4.57 Å². The molecular formula is C11H15NO3. The average molecular weight is 209 g/mol. The first-order valence-corrected chi connectivity index (χ1v) is 4.88. The van der Waals surface area contributed by atoms with Gasteiger partial charge in [0.05, 0.1) is 12.8 Å². The van der Waals surface area contributed by atoms with E-state index in [4.69, 9.17) is 0 Å². The minimum atomic E-state index is -0.216. The molecule has 1 aromatic rings. The van der Waals surface area contributed by atoms with Gasteiger partial charge in [0, 0.05) is 26.1 Å². The maximum absolute atomic E-state index is 11.2. The first kappa shape index (κ1) is 11.5. The Morgan fingerprint density at radius 3 is 2.80 bits per heavy atom. The molecule has 0 aromatic carbocycles. The minimum absolute atomic E-state index is 0.0399. The van der Waals surface area contributed by atoms with Crippen molar-refractivity contribution in [3.8, 4) is 0 Å². The highest BCUT2D eigenvalue weighted by molar-refractivity contribution is 5.92. The number of hydrogen-bond acceptors (Lipinski definition) is 3. The monoisotopic (exact) mass is 209 g/mol. The number of hydrogen-bond donors (Lipinski definition) is 0. The molecule has 0 unspecified atom stereocenters. The highest BCUT2D eigenvalue weighted by atomic mass is 16.5. The Morgan fingerprint density at radius 2 is 2.20 bits per heavy atom. The van der Waals surface area contributed by atoms with Crippen LogP contribution in [0.1, 0.15) is 30.3 Å². The lowest BCUT2D eigenvalue weighted by Gasteiger charge is -2.05. The van der Waals surface area contributed by atoms with Crippen LogP contribution in [0.5, 0.6) is 0 Å². The minimum Gasteiger partial charge on any atom is -0.469 e. The molecule has 0 fully saturated rings. The van der Waals surface area contributed by atoms with Crippen LogP contribution in [0.3, 0.4) is 0 Å². The number of methoxy groups -OCH3 is 1. The number of esters is 1. The summed E-state index contributed by atoms with van der Waals surface area (Å²) in [7, 11) is 1.37. The van der Waals surface area contributed by atoms with Crippen LogP contribution in [0, 0.1) is 0 Å². The molecule has 0 radical (unpaired) electrons. The Balaban J connectivity index is 2.47. The molecule has 0 aliphatic carbocycles. The quantitative estimate of drug-likeness (QED) is 0.547. The first-order chi connectivity index (χ1) is 7.15. The number of ether oxygens (including phenoxy) is 1. The molecule has 0 atom stereocenters. The topological polar surface area (TPSA) is 48.3 Å². The summed E-state index contributed by atoms with van der Waals surface area (Å²) < 4.78 is 6.38. The van der Waals surface area contributed by atoms with Gasteiger partial charge < -0.3 is 9.30 Å². The Labute approximate surface area is 88.8 Å². The summed E-state index contributed by atoms with van der Waals surface area (Å²) in [6, 6.07) is 3.61. The fourth-order valence-corrected chi connectivity index (χ4v) is 1.42. The molecule has 1 aromatic heterocycles. The molecule has 0 N–H and O–H groups in total. The first-order valence-electron chi connectivity index (χ1n) is 4.88. The Kier molecular flexibility index (Phi) is 4.09. The third-order valence-corrected chi connectivity index (χ3v) is 2.20. The maximum atomic E-state index is 11.2. The molecule has 0 amide bonds. The van der Waals surface area contributed by atoms with Crippen molar-refractivity contribution in [2.24, 2.45) is 0 Å². The van der Waals surface area contributed by atoms with Gasteiger partial charge in [0.1, 0.15) is 0 Å². The van der Waals surface area contributed by atoms with Crippen LogP contribution in [0.15, 0.2) is 18.3 Å². The second-order valence-corrected chi connectivity index (χ2v) is 3.32. The van der Waals surface area contributed by atoms with Crippen molar-refractivity contribution in [1.29, 1.82) is 0 Å². The summed E-state index contributed by atoms with van der Waals surface area (Å²) in [5.74, 6) is -0.176. The molecule has 4 heteroatoms. The summed E-state index contributed by atoms with van der Waals surface area (Å²) in [5.41, 5.74) is 0.680. The van der Waals surface area contributed by atoms with Gasteiger partial charge in [-0.15, -0.1) is 0 Å². The summed E-state index contributed by atoms with van der Waals surface area (Å²) in [6.07, 6.45) is 2.90. The highest BCUT2D eigenvalue weighted by Crippen LogP contribution is 2.05. The van der Waals surface area contributed by atoms with E-state index in [1.165, 1.54) is 14.0 Å². The van der Waals surface area contributed by atoms with E-state index >= 15 is 0 Å². The van der Waals surface area contributed by atoms with Crippen molar-refractivity contribution in [3.05, 3.63) is 24.0 Å². The number of aromatic nitrogens is 1. The van der Waals surface area contributed by atoms with E-state index in [1.54, 1.807) is 6.07 Å². The van der Waals surface area contributed by atoms with Crippen molar-refractivity contribution >= 4 is 11.8 Å². The van der Waals surface area contributed by atoms with Crippen molar-refractivity contribution in [2.45, 2.75) is 26.3 Å². The lowest BCUT2D eigenvalue weighted by molar-refractivity contribution is -0.140.